The van der Waals surface area contributed by atoms with Gasteiger partial charge in [-0.25, -0.2) is 0 Å². The molecule has 0 saturated heterocycles. The molecule has 0 aromatic heterocycles. The van der Waals surface area contributed by atoms with Gasteiger partial charge in [0.1, 0.15) is 0 Å². The fourth-order valence-corrected chi connectivity index (χ4v) is 2.61. The second-order valence-corrected chi connectivity index (χ2v) is 6.21. The van der Waals surface area contributed by atoms with Crippen LogP contribution in [-0.2, 0) is 4.79 Å². The molecule has 0 unspecified atom stereocenters. The number of hydrogen-bond donors (Lipinski definition) is 1. The second-order valence-electron chi connectivity index (χ2n) is 6.21. The van der Waals surface area contributed by atoms with Crippen LogP contribution in [0.1, 0.15) is 30.9 Å². The smallest absolute Gasteiger partial charge is 0.248 e. The number of rotatable bonds is 4. The third-order valence-electron chi connectivity index (χ3n) is 4.05. The number of nitrogens with one attached hydrogen (secondary N) is 1. The predicted molar refractivity (Wildman–Crippen MR) is 102 cm³/mol. The molecule has 2 heteroatoms. The zero-order valence-electron chi connectivity index (χ0n) is 14.0. The van der Waals surface area contributed by atoms with E-state index in [2.05, 4.69) is 37.4 Å². The van der Waals surface area contributed by atoms with Gasteiger partial charge in [-0.2, -0.15) is 0 Å². The van der Waals surface area contributed by atoms with Gasteiger partial charge in [-0.05, 0) is 46.0 Å². The number of amides is 1. The molecule has 3 aromatic carbocycles. The molecule has 0 bridgehead atoms. The quantitative estimate of drug-likeness (QED) is 0.622. The largest absolute Gasteiger partial charge is 0.322 e. The van der Waals surface area contributed by atoms with E-state index in [1.54, 1.807) is 6.08 Å². The molecule has 0 heterocycles. The van der Waals surface area contributed by atoms with Crippen molar-refractivity contribution in [3.05, 3.63) is 83.9 Å². The van der Waals surface area contributed by atoms with Crippen LogP contribution in [0.4, 0.5) is 5.69 Å². The Morgan fingerprint density at radius 3 is 2.33 bits per heavy atom. The summed E-state index contributed by atoms with van der Waals surface area (Å²) >= 11 is 0. The van der Waals surface area contributed by atoms with Gasteiger partial charge in [0.15, 0.2) is 0 Å². The highest BCUT2D eigenvalue weighted by Gasteiger charge is 2.00. The Kier molecular flexibility index (Phi) is 4.76. The SMILES string of the molecule is CC(C)c1ccc(/C=C/C(=O)Nc2ccc3ccccc3c2)cc1. The summed E-state index contributed by atoms with van der Waals surface area (Å²) < 4.78 is 0. The zero-order chi connectivity index (χ0) is 16.9. The molecule has 0 spiro atoms. The van der Waals surface area contributed by atoms with E-state index in [-0.39, 0.29) is 5.91 Å². The van der Waals surface area contributed by atoms with Crippen molar-refractivity contribution in [2.24, 2.45) is 0 Å². The molecular formula is C22H21NO. The Morgan fingerprint density at radius 2 is 1.62 bits per heavy atom. The second kappa shape index (κ2) is 7.14. The van der Waals surface area contributed by atoms with Crippen LogP contribution >= 0.6 is 0 Å². The first-order valence-electron chi connectivity index (χ1n) is 8.19. The number of carbonyl (C=O) groups is 1. The van der Waals surface area contributed by atoms with Gasteiger partial charge in [0.25, 0.3) is 0 Å². The van der Waals surface area contributed by atoms with Crippen molar-refractivity contribution in [3.8, 4) is 0 Å². The molecule has 24 heavy (non-hydrogen) atoms. The Morgan fingerprint density at radius 1 is 0.917 bits per heavy atom. The van der Waals surface area contributed by atoms with Gasteiger partial charge in [0.05, 0.1) is 0 Å². The van der Waals surface area contributed by atoms with Crippen LogP contribution in [0.2, 0.25) is 0 Å². The highest BCUT2D eigenvalue weighted by molar-refractivity contribution is 6.03. The Hall–Kier alpha value is -2.87. The lowest BCUT2D eigenvalue weighted by atomic mass is 10.0. The number of carbonyl (C=O) groups excluding carboxylic acids is 1. The summed E-state index contributed by atoms with van der Waals surface area (Å²) in [6, 6.07) is 22.3. The van der Waals surface area contributed by atoms with Gasteiger partial charge in [0, 0.05) is 11.8 Å². The van der Waals surface area contributed by atoms with Crippen LogP contribution in [0.25, 0.3) is 16.8 Å². The topological polar surface area (TPSA) is 29.1 Å². The van der Waals surface area contributed by atoms with Crippen LogP contribution in [0.15, 0.2) is 72.8 Å². The van der Waals surface area contributed by atoms with Crippen LogP contribution in [-0.4, -0.2) is 5.91 Å². The van der Waals surface area contributed by atoms with Crippen molar-refractivity contribution < 1.29 is 4.79 Å². The van der Waals surface area contributed by atoms with Crippen molar-refractivity contribution in [2.45, 2.75) is 19.8 Å². The third-order valence-corrected chi connectivity index (χ3v) is 4.05. The van der Waals surface area contributed by atoms with Gasteiger partial charge in [-0.3, -0.25) is 4.79 Å². The molecule has 3 aromatic rings. The monoisotopic (exact) mass is 315 g/mol. The Bertz CT molecular complexity index is 876. The van der Waals surface area contributed by atoms with Crippen molar-refractivity contribution >= 4 is 28.4 Å². The fourth-order valence-electron chi connectivity index (χ4n) is 2.61. The maximum Gasteiger partial charge on any atom is 0.248 e. The fraction of sp³-hybridized carbons (Fsp3) is 0.136. The summed E-state index contributed by atoms with van der Waals surface area (Å²) in [6.45, 7) is 4.34. The summed E-state index contributed by atoms with van der Waals surface area (Å²) in [5, 5.41) is 5.19. The molecule has 0 aliphatic heterocycles. The first kappa shape index (κ1) is 16.0. The van der Waals surface area contributed by atoms with E-state index in [9.17, 15) is 4.79 Å². The number of fused-ring (bicyclic) bond motifs is 1. The van der Waals surface area contributed by atoms with E-state index in [0.29, 0.717) is 5.92 Å². The average molecular weight is 315 g/mol. The maximum atomic E-state index is 12.1. The van der Waals surface area contributed by atoms with E-state index < -0.39 is 0 Å². The van der Waals surface area contributed by atoms with Crippen molar-refractivity contribution in [3.63, 3.8) is 0 Å². The molecule has 0 aliphatic rings. The standard InChI is InChI=1S/C22H21NO/c1-16(2)18-10-7-17(8-11-18)9-14-22(24)23-21-13-12-19-5-3-4-6-20(19)15-21/h3-16H,1-2H3,(H,23,24)/b14-9+. The molecule has 120 valence electrons. The van der Waals surface area contributed by atoms with Crippen molar-refractivity contribution in [1.29, 1.82) is 0 Å². The van der Waals surface area contributed by atoms with Crippen LogP contribution < -0.4 is 5.32 Å². The van der Waals surface area contributed by atoms with E-state index in [1.165, 1.54) is 5.56 Å². The van der Waals surface area contributed by atoms with Gasteiger partial charge < -0.3 is 5.32 Å². The molecular weight excluding hydrogens is 294 g/mol. The molecule has 0 saturated carbocycles. The molecule has 2 nitrogen and oxygen atoms in total. The molecule has 0 atom stereocenters. The first-order valence-corrected chi connectivity index (χ1v) is 8.19. The van der Waals surface area contributed by atoms with E-state index in [1.807, 2.05) is 54.6 Å². The van der Waals surface area contributed by atoms with E-state index in [0.717, 1.165) is 22.0 Å². The number of hydrogen-bond acceptors (Lipinski definition) is 1. The highest BCUT2D eigenvalue weighted by Crippen LogP contribution is 2.19. The predicted octanol–water partition coefficient (Wildman–Crippen LogP) is 5.62. The average Bonchev–Trinajstić information content (AvgIpc) is 2.60. The van der Waals surface area contributed by atoms with Crippen molar-refractivity contribution in [1.82, 2.24) is 0 Å². The highest BCUT2D eigenvalue weighted by atomic mass is 16.1. The molecule has 0 fully saturated rings. The van der Waals surface area contributed by atoms with Crippen molar-refractivity contribution in [2.75, 3.05) is 5.32 Å². The summed E-state index contributed by atoms with van der Waals surface area (Å²) in [5.41, 5.74) is 3.12. The first-order chi connectivity index (χ1) is 11.6. The zero-order valence-corrected chi connectivity index (χ0v) is 14.0. The van der Waals surface area contributed by atoms with Gasteiger partial charge >= 0.3 is 0 Å². The maximum absolute atomic E-state index is 12.1. The molecule has 3 rings (SSSR count). The minimum atomic E-state index is -0.127. The van der Waals surface area contributed by atoms with E-state index >= 15 is 0 Å². The van der Waals surface area contributed by atoms with Gasteiger partial charge in [-0.1, -0.05) is 68.4 Å². The number of benzene rings is 3. The van der Waals surface area contributed by atoms with Crippen LogP contribution in [0, 0.1) is 0 Å². The molecule has 1 amide bonds. The lowest BCUT2D eigenvalue weighted by molar-refractivity contribution is -0.111. The summed E-state index contributed by atoms with van der Waals surface area (Å²) in [5.74, 6) is 0.387. The molecule has 0 radical (unpaired) electrons. The minimum Gasteiger partial charge on any atom is -0.322 e. The third kappa shape index (κ3) is 3.90. The summed E-state index contributed by atoms with van der Waals surface area (Å²) in [4.78, 5) is 12.1. The van der Waals surface area contributed by atoms with Crippen LogP contribution in [0.5, 0.6) is 0 Å². The molecule has 0 aliphatic carbocycles. The lowest BCUT2D eigenvalue weighted by Crippen LogP contribution is -2.07. The Balaban J connectivity index is 1.67. The van der Waals surface area contributed by atoms with Crippen LogP contribution in [0.3, 0.4) is 0 Å². The lowest BCUT2D eigenvalue weighted by Gasteiger charge is -2.05. The minimum absolute atomic E-state index is 0.127. The Labute approximate surface area is 142 Å². The normalized spacial score (nSPS) is 11.3. The summed E-state index contributed by atoms with van der Waals surface area (Å²) in [6.07, 6.45) is 3.40. The van der Waals surface area contributed by atoms with Gasteiger partial charge in [0.2, 0.25) is 5.91 Å². The molecule has 1 N–H and O–H groups in total. The summed E-state index contributed by atoms with van der Waals surface area (Å²) in [7, 11) is 0. The number of anilines is 1. The van der Waals surface area contributed by atoms with E-state index in [4.69, 9.17) is 0 Å². The van der Waals surface area contributed by atoms with Gasteiger partial charge in [-0.15, -0.1) is 0 Å².